The fourth-order valence-corrected chi connectivity index (χ4v) is 2.91. The molecule has 0 spiro atoms. The fraction of sp³-hybridized carbons (Fsp3) is 0.500. The van der Waals surface area contributed by atoms with Crippen molar-refractivity contribution >= 4 is 11.7 Å². The Morgan fingerprint density at radius 1 is 1.40 bits per heavy atom. The van der Waals surface area contributed by atoms with Crippen LogP contribution in [0, 0.1) is 24.2 Å². The van der Waals surface area contributed by atoms with Crippen molar-refractivity contribution < 1.29 is 9.90 Å². The molecule has 4 nitrogen and oxygen atoms in total. The van der Waals surface area contributed by atoms with Crippen molar-refractivity contribution in [2.75, 3.05) is 5.32 Å². The topological polar surface area (TPSA) is 73.1 Å². The van der Waals surface area contributed by atoms with Crippen molar-refractivity contribution in [2.45, 2.75) is 45.1 Å². The maximum absolute atomic E-state index is 11.5. The van der Waals surface area contributed by atoms with Crippen LogP contribution < -0.4 is 5.32 Å². The van der Waals surface area contributed by atoms with Crippen LogP contribution in [0.3, 0.4) is 0 Å². The fourth-order valence-electron chi connectivity index (χ4n) is 2.91. The summed E-state index contributed by atoms with van der Waals surface area (Å²) in [5.41, 5.74) is 2.31. The summed E-state index contributed by atoms with van der Waals surface area (Å²) in [6.45, 7) is 1.89. The highest BCUT2D eigenvalue weighted by Gasteiger charge is 2.29. The molecule has 1 aromatic carbocycles. The minimum absolute atomic E-state index is 0.191. The zero-order chi connectivity index (χ0) is 14.5. The molecule has 106 valence electrons. The second-order valence-electron chi connectivity index (χ2n) is 5.50. The van der Waals surface area contributed by atoms with Gasteiger partial charge in [-0.15, -0.1) is 0 Å². The molecule has 1 saturated carbocycles. The molecular formula is C16H20N2O2. The van der Waals surface area contributed by atoms with E-state index in [-0.39, 0.29) is 5.92 Å². The molecule has 2 rings (SSSR count). The van der Waals surface area contributed by atoms with Crippen LogP contribution in [0.1, 0.15) is 43.2 Å². The number of nitrogens with zero attached hydrogens (tertiary/aromatic N) is 1. The van der Waals surface area contributed by atoms with E-state index in [2.05, 4.69) is 11.4 Å². The average Bonchev–Trinajstić information content (AvgIpc) is 2.46. The Hall–Kier alpha value is -2.02. The quantitative estimate of drug-likeness (QED) is 0.882. The maximum Gasteiger partial charge on any atom is 0.326 e. The summed E-state index contributed by atoms with van der Waals surface area (Å²) >= 11 is 0. The molecule has 0 aromatic heterocycles. The van der Waals surface area contributed by atoms with E-state index in [0.29, 0.717) is 5.56 Å². The second kappa shape index (κ2) is 6.42. The zero-order valence-electron chi connectivity index (χ0n) is 11.7. The predicted molar refractivity (Wildman–Crippen MR) is 77.5 cm³/mol. The lowest BCUT2D eigenvalue weighted by Gasteiger charge is -2.29. The number of nitrogens with one attached hydrogen (secondary N) is 1. The van der Waals surface area contributed by atoms with Gasteiger partial charge in [-0.3, -0.25) is 0 Å². The van der Waals surface area contributed by atoms with Crippen LogP contribution in [0.5, 0.6) is 0 Å². The summed E-state index contributed by atoms with van der Waals surface area (Å²) in [7, 11) is 0. The molecule has 1 fully saturated rings. The number of hydrogen-bond acceptors (Lipinski definition) is 3. The number of aryl methyl sites for hydroxylation is 1. The predicted octanol–water partition coefficient (Wildman–Crippen LogP) is 3.31. The van der Waals surface area contributed by atoms with Crippen LogP contribution >= 0.6 is 0 Å². The molecule has 1 unspecified atom stereocenters. The highest BCUT2D eigenvalue weighted by Crippen LogP contribution is 2.29. The number of carboxylic acids is 1. The van der Waals surface area contributed by atoms with Crippen LogP contribution in [0.25, 0.3) is 0 Å². The van der Waals surface area contributed by atoms with E-state index in [0.717, 1.165) is 36.9 Å². The Morgan fingerprint density at radius 3 is 2.65 bits per heavy atom. The van der Waals surface area contributed by atoms with Gasteiger partial charge < -0.3 is 10.4 Å². The minimum atomic E-state index is -0.791. The van der Waals surface area contributed by atoms with Crippen LogP contribution in [0.4, 0.5) is 5.69 Å². The number of carboxylic acid groups (broad SMARTS) is 1. The van der Waals surface area contributed by atoms with E-state index in [1.165, 1.54) is 6.42 Å². The van der Waals surface area contributed by atoms with Crippen molar-refractivity contribution in [1.82, 2.24) is 0 Å². The number of aliphatic carboxylic acids is 1. The minimum Gasteiger partial charge on any atom is -0.480 e. The first kappa shape index (κ1) is 14.4. The van der Waals surface area contributed by atoms with Gasteiger partial charge in [0.05, 0.1) is 11.6 Å². The molecule has 0 amide bonds. The summed E-state index contributed by atoms with van der Waals surface area (Å²) < 4.78 is 0. The number of benzene rings is 1. The molecule has 0 aliphatic heterocycles. The molecule has 0 bridgehead atoms. The number of rotatable bonds is 4. The van der Waals surface area contributed by atoms with Gasteiger partial charge in [0, 0.05) is 5.69 Å². The van der Waals surface area contributed by atoms with E-state index >= 15 is 0 Å². The van der Waals surface area contributed by atoms with Crippen LogP contribution in [-0.2, 0) is 4.79 Å². The SMILES string of the molecule is Cc1cc(C#N)ccc1NC(C(=O)O)C1CCCCC1. The van der Waals surface area contributed by atoms with Crippen molar-refractivity contribution in [3.63, 3.8) is 0 Å². The van der Waals surface area contributed by atoms with E-state index in [1.807, 2.05) is 6.92 Å². The normalized spacial score (nSPS) is 17.2. The van der Waals surface area contributed by atoms with Crippen molar-refractivity contribution in [1.29, 1.82) is 5.26 Å². The third kappa shape index (κ3) is 3.30. The Bertz CT molecular complexity index is 528. The van der Waals surface area contributed by atoms with Gasteiger partial charge in [-0.2, -0.15) is 5.26 Å². The Kier molecular flexibility index (Phi) is 4.62. The van der Waals surface area contributed by atoms with Crippen LogP contribution in [0.2, 0.25) is 0 Å². The molecule has 1 aromatic rings. The molecule has 0 heterocycles. The third-order valence-corrected chi connectivity index (χ3v) is 4.05. The molecule has 0 saturated heterocycles. The van der Waals surface area contributed by atoms with E-state index in [4.69, 9.17) is 5.26 Å². The van der Waals surface area contributed by atoms with Gasteiger partial charge in [-0.25, -0.2) is 4.79 Å². The molecule has 1 aliphatic rings. The van der Waals surface area contributed by atoms with E-state index < -0.39 is 12.0 Å². The standard InChI is InChI=1S/C16H20N2O2/c1-11-9-12(10-17)7-8-14(11)18-15(16(19)20)13-5-3-2-4-6-13/h7-9,13,15,18H,2-6H2,1H3,(H,19,20). The number of anilines is 1. The maximum atomic E-state index is 11.5. The van der Waals surface area contributed by atoms with Gasteiger partial charge in [0.15, 0.2) is 0 Å². The summed E-state index contributed by atoms with van der Waals surface area (Å²) in [5.74, 6) is -0.600. The van der Waals surface area contributed by atoms with Crippen molar-refractivity contribution in [3.8, 4) is 6.07 Å². The second-order valence-corrected chi connectivity index (χ2v) is 5.50. The Labute approximate surface area is 119 Å². The first-order valence-electron chi connectivity index (χ1n) is 7.12. The number of nitriles is 1. The Morgan fingerprint density at radius 2 is 2.10 bits per heavy atom. The summed E-state index contributed by atoms with van der Waals surface area (Å²) in [4.78, 5) is 11.5. The van der Waals surface area contributed by atoms with Crippen LogP contribution in [0.15, 0.2) is 18.2 Å². The first-order chi connectivity index (χ1) is 9.61. The smallest absolute Gasteiger partial charge is 0.326 e. The van der Waals surface area contributed by atoms with Gasteiger partial charge in [0.25, 0.3) is 0 Å². The molecule has 1 atom stereocenters. The average molecular weight is 272 g/mol. The van der Waals surface area contributed by atoms with Crippen molar-refractivity contribution in [2.24, 2.45) is 5.92 Å². The summed E-state index contributed by atoms with van der Waals surface area (Å²) in [6.07, 6.45) is 5.38. The molecular weight excluding hydrogens is 252 g/mol. The number of carbonyl (C=O) groups is 1. The highest BCUT2D eigenvalue weighted by molar-refractivity contribution is 5.78. The number of hydrogen-bond donors (Lipinski definition) is 2. The molecule has 20 heavy (non-hydrogen) atoms. The third-order valence-electron chi connectivity index (χ3n) is 4.05. The van der Waals surface area contributed by atoms with Gasteiger partial charge in [-0.1, -0.05) is 19.3 Å². The monoisotopic (exact) mass is 272 g/mol. The van der Waals surface area contributed by atoms with Gasteiger partial charge in [0.2, 0.25) is 0 Å². The summed E-state index contributed by atoms with van der Waals surface area (Å²) in [6, 6.07) is 6.85. The lowest BCUT2D eigenvalue weighted by molar-refractivity contribution is -0.139. The Balaban J connectivity index is 2.16. The lowest BCUT2D eigenvalue weighted by atomic mass is 9.83. The van der Waals surface area contributed by atoms with Gasteiger partial charge in [-0.05, 0) is 49.4 Å². The van der Waals surface area contributed by atoms with Gasteiger partial charge >= 0.3 is 5.97 Å². The first-order valence-corrected chi connectivity index (χ1v) is 7.12. The highest BCUT2D eigenvalue weighted by atomic mass is 16.4. The zero-order valence-corrected chi connectivity index (χ0v) is 11.7. The van der Waals surface area contributed by atoms with E-state index in [1.54, 1.807) is 18.2 Å². The molecule has 0 radical (unpaired) electrons. The van der Waals surface area contributed by atoms with Gasteiger partial charge in [0.1, 0.15) is 6.04 Å². The van der Waals surface area contributed by atoms with Crippen molar-refractivity contribution in [3.05, 3.63) is 29.3 Å². The van der Waals surface area contributed by atoms with E-state index in [9.17, 15) is 9.90 Å². The summed E-state index contributed by atoms with van der Waals surface area (Å²) in [5, 5.41) is 21.5. The van der Waals surface area contributed by atoms with Crippen LogP contribution in [-0.4, -0.2) is 17.1 Å². The largest absolute Gasteiger partial charge is 0.480 e. The molecule has 4 heteroatoms. The lowest BCUT2D eigenvalue weighted by Crippen LogP contribution is -2.38. The molecule has 2 N–H and O–H groups in total. The molecule has 1 aliphatic carbocycles.